The van der Waals surface area contributed by atoms with E-state index in [1.54, 1.807) is 0 Å². The van der Waals surface area contributed by atoms with Gasteiger partial charge in [0.1, 0.15) is 12.4 Å². The van der Waals surface area contributed by atoms with Gasteiger partial charge in [0, 0.05) is 17.3 Å². The number of benzene rings is 2. The molecule has 0 aliphatic carbocycles. The Morgan fingerprint density at radius 1 is 1.32 bits per heavy atom. The zero-order valence-electron chi connectivity index (χ0n) is 14.0. The predicted molar refractivity (Wildman–Crippen MR) is 104 cm³/mol. The zero-order chi connectivity index (χ0) is 16.9. The molecule has 2 aromatic carbocycles. The summed E-state index contributed by atoms with van der Waals surface area (Å²) in [5.41, 5.74) is 2.84. The van der Waals surface area contributed by atoms with Gasteiger partial charge >= 0.3 is 0 Å². The van der Waals surface area contributed by atoms with Gasteiger partial charge in [-0.15, -0.1) is 12.4 Å². The molecule has 6 heteroatoms. The van der Waals surface area contributed by atoms with Gasteiger partial charge in [0.2, 0.25) is 5.91 Å². The third-order valence-corrected chi connectivity index (χ3v) is 4.42. The molecule has 1 aliphatic heterocycles. The molecule has 0 spiro atoms. The predicted octanol–water partition coefficient (Wildman–Crippen LogP) is 4.20. The molecule has 4 nitrogen and oxygen atoms in total. The summed E-state index contributed by atoms with van der Waals surface area (Å²) in [4.78, 5) is 12.2. The van der Waals surface area contributed by atoms with Gasteiger partial charge in [-0.2, -0.15) is 0 Å². The second-order valence-electron chi connectivity index (χ2n) is 6.07. The average Bonchev–Trinajstić information content (AvgIpc) is 3.10. The lowest BCUT2D eigenvalue weighted by Crippen LogP contribution is -2.24. The van der Waals surface area contributed by atoms with E-state index in [4.69, 9.17) is 16.3 Å². The first-order chi connectivity index (χ1) is 11.6. The highest BCUT2D eigenvalue weighted by molar-refractivity contribution is 6.30. The van der Waals surface area contributed by atoms with E-state index in [0.717, 1.165) is 42.1 Å². The van der Waals surface area contributed by atoms with E-state index >= 15 is 0 Å². The second kappa shape index (κ2) is 9.09. The SMILES string of the molecule is Cc1cc(OCc2cccc(Cl)c2)ccc1NC(=O)C1CCNC1.Cl. The number of rotatable bonds is 5. The molecule has 2 N–H and O–H groups in total. The summed E-state index contributed by atoms with van der Waals surface area (Å²) in [6.07, 6.45) is 0.895. The summed E-state index contributed by atoms with van der Waals surface area (Å²) in [6.45, 7) is 4.09. The molecule has 25 heavy (non-hydrogen) atoms. The maximum atomic E-state index is 12.2. The van der Waals surface area contributed by atoms with Gasteiger partial charge in [-0.25, -0.2) is 0 Å². The van der Waals surface area contributed by atoms with E-state index in [-0.39, 0.29) is 24.2 Å². The zero-order valence-corrected chi connectivity index (χ0v) is 15.6. The molecule has 3 rings (SSSR count). The average molecular weight is 381 g/mol. The number of carbonyl (C=O) groups is 1. The van der Waals surface area contributed by atoms with Crippen molar-refractivity contribution in [2.75, 3.05) is 18.4 Å². The highest BCUT2D eigenvalue weighted by Crippen LogP contribution is 2.23. The minimum Gasteiger partial charge on any atom is -0.489 e. The Morgan fingerprint density at radius 3 is 2.84 bits per heavy atom. The van der Waals surface area contributed by atoms with Crippen LogP contribution in [0.1, 0.15) is 17.5 Å². The van der Waals surface area contributed by atoms with Gasteiger partial charge in [-0.3, -0.25) is 4.79 Å². The van der Waals surface area contributed by atoms with E-state index in [0.29, 0.717) is 11.6 Å². The van der Waals surface area contributed by atoms with Crippen LogP contribution in [0.5, 0.6) is 5.75 Å². The van der Waals surface area contributed by atoms with E-state index in [1.165, 1.54) is 0 Å². The Kier molecular flexibility index (Phi) is 7.12. The molecule has 1 saturated heterocycles. The Morgan fingerprint density at radius 2 is 2.16 bits per heavy atom. The monoisotopic (exact) mass is 380 g/mol. The van der Waals surface area contributed by atoms with E-state index in [2.05, 4.69) is 10.6 Å². The number of halogens is 2. The molecule has 1 fully saturated rings. The molecule has 2 aromatic rings. The van der Waals surface area contributed by atoms with Crippen molar-refractivity contribution in [1.29, 1.82) is 0 Å². The Labute approximate surface area is 159 Å². The quantitative estimate of drug-likeness (QED) is 0.816. The summed E-state index contributed by atoms with van der Waals surface area (Å²) < 4.78 is 5.81. The largest absolute Gasteiger partial charge is 0.489 e. The first-order valence-corrected chi connectivity index (χ1v) is 8.49. The third kappa shape index (κ3) is 5.36. The van der Waals surface area contributed by atoms with Crippen LogP contribution in [0.3, 0.4) is 0 Å². The van der Waals surface area contributed by atoms with Crippen molar-refractivity contribution in [1.82, 2.24) is 5.32 Å². The lowest BCUT2D eigenvalue weighted by molar-refractivity contribution is -0.119. The number of hydrogen-bond donors (Lipinski definition) is 2. The molecule has 134 valence electrons. The topological polar surface area (TPSA) is 50.4 Å². The molecule has 0 aromatic heterocycles. The van der Waals surface area contributed by atoms with E-state index < -0.39 is 0 Å². The van der Waals surface area contributed by atoms with Crippen LogP contribution in [0, 0.1) is 12.8 Å². The van der Waals surface area contributed by atoms with Crippen molar-refractivity contribution in [3.8, 4) is 5.75 Å². The maximum Gasteiger partial charge on any atom is 0.228 e. The molecule has 0 saturated carbocycles. The van der Waals surface area contributed by atoms with Gasteiger partial charge in [0.15, 0.2) is 0 Å². The third-order valence-electron chi connectivity index (χ3n) is 4.18. The smallest absolute Gasteiger partial charge is 0.228 e. The van der Waals surface area contributed by atoms with Gasteiger partial charge in [0.05, 0.1) is 5.92 Å². The van der Waals surface area contributed by atoms with Gasteiger partial charge in [0.25, 0.3) is 0 Å². The summed E-state index contributed by atoms with van der Waals surface area (Å²) in [5.74, 6) is 0.909. The lowest BCUT2D eigenvalue weighted by Gasteiger charge is -2.14. The van der Waals surface area contributed by atoms with Crippen LogP contribution >= 0.6 is 24.0 Å². The van der Waals surface area contributed by atoms with Crippen molar-refractivity contribution in [2.24, 2.45) is 5.92 Å². The minimum absolute atomic E-state index is 0. The molecule has 1 atom stereocenters. The number of carbonyl (C=O) groups excluding carboxylic acids is 1. The Bertz CT molecular complexity index is 731. The van der Waals surface area contributed by atoms with Crippen molar-refractivity contribution < 1.29 is 9.53 Å². The number of hydrogen-bond acceptors (Lipinski definition) is 3. The van der Waals surface area contributed by atoms with Gasteiger partial charge in [-0.1, -0.05) is 23.7 Å². The van der Waals surface area contributed by atoms with Gasteiger partial charge < -0.3 is 15.4 Å². The normalized spacial score (nSPS) is 16.2. The van der Waals surface area contributed by atoms with E-state index in [1.807, 2.05) is 49.4 Å². The molecule has 1 aliphatic rings. The first-order valence-electron chi connectivity index (χ1n) is 8.11. The number of ether oxygens (including phenoxy) is 1. The minimum atomic E-state index is 0. The molecule has 1 heterocycles. The molecular formula is C19H22Cl2N2O2. The van der Waals surface area contributed by atoms with Crippen LogP contribution in [-0.4, -0.2) is 19.0 Å². The number of amides is 1. The van der Waals surface area contributed by atoms with Crippen LogP contribution < -0.4 is 15.4 Å². The number of anilines is 1. The summed E-state index contributed by atoms with van der Waals surface area (Å²) >= 11 is 5.97. The number of nitrogens with one attached hydrogen (secondary N) is 2. The standard InChI is InChI=1S/C19H21ClN2O2.ClH/c1-13-9-17(24-12-14-3-2-4-16(20)10-14)5-6-18(13)22-19(23)15-7-8-21-11-15;/h2-6,9-10,15,21H,7-8,11-12H2,1H3,(H,22,23);1H. The highest BCUT2D eigenvalue weighted by atomic mass is 35.5. The molecule has 0 radical (unpaired) electrons. The van der Waals surface area contributed by atoms with Crippen LogP contribution in [-0.2, 0) is 11.4 Å². The molecule has 1 amide bonds. The Balaban J connectivity index is 0.00000225. The van der Waals surface area contributed by atoms with Crippen LogP contribution in [0.25, 0.3) is 0 Å². The van der Waals surface area contributed by atoms with E-state index in [9.17, 15) is 4.79 Å². The fraction of sp³-hybridized carbons (Fsp3) is 0.316. The molecule has 1 unspecified atom stereocenters. The summed E-state index contributed by atoms with van der Waals surface area (Å²) in [5, 5.41) is 6.92. The van der Waals surface area contributed by atoms with Crippen molar-refractivity contribution in [3.63, 3.8) is 0 Å². The fourth-order valence-electron chi connectivity index (χ4n) is 2.77. The summed E-state index contributed by atoms with van der Waals surface area (Å²) in [6, 6.07) is 13.3. The Hall–Kier alpha value is -1.75. The van der Waals surface area contributed by atoms with Crippen molar-refractivity contribution >= 4 is 35.6 Å². The highest BCUT2D eigenvalue weighted by Gasteiger charge is 2.22. The fourth-order valence-corrected chi connectivity index (χ4v) is 2.99. The second-order valence-corrected chi connectivity index (χ2v) is 6.51. The van der Waals surface area contributed by atoms with Crippen LogP contribution in [0.15, 0.2) is 42.5 Å². The van der Waals surface area contributed by atoms with Crippen LogP contribution in [0.2, 0.25) is 5.02 Å². The summed E-state index contributed by atoms with van der Waals surface area (Å²) in [7, 11) is 0. The van der Waals surface area contributed by atoms with Crippen LogP contribution in [0.4, 0.5) is 5.69 Å². The van der Waals surface area contributed by atoms with Gasteiger partial charge in [-0.05, 0) is 61.3 Å². The molecule has 0 bridgehead atoms. The maximum absolute atomic E-state index is 12.2. The van der Waals surface area contributed by atoms with Crippen molar-refractivity contribution in [2.45, 2.75) is 20.0 Å². The molecular weight excluding hydrogens is 359 g/mol. The van der Waals surface area contributed by atoms with Crippen molar-refractivity contribution in [3.05, 3.63) is 58.6 Å². The first kappa shape index (κ1) is 19.6. The lowest BCUT2D eigenvalue weighted by atomic mass is 10.1. The number of aryl methyl sites for hydroxylation is 1.